The van der Waals surface area contributed by atoms with Gasteiger partial charge in [0.1, 0.15) is 11.2 Å². The predicted molar refractivity (Wildman–Crippen MR) is 65.6 cm³/mol. The van der Waals surface area contributed by atoms with Gasteiger partial charge in [0.05, 0.1) is 10.6 Å². The second kappa shape index (κ2) is 4.86. The topological polar surface area (TPSA) is 125 Å². The van der Waals surface area contributed by atoms with Crippen LogP contribution < -0.4 is 4.72 Å². The van der Waals surface area contributed by atoms with Gasteiger partial charge < -0.3 is 5.11 Å². The Morgan fingerprint density at radius 1 is 1.42 bits per heavy atom. The van der Waals surface area contributed by atoms with Crippen molar-refractivity contribution in [1.82, 2.24) is 15.2 Å². The lowest BCUT2D eigenvalue weighted by Gasteiger charge is -2.07. The zero-order valence-corrected chi connectivity index (χ0v) is 10.7. The lowest BCUT2D eigenvalue weighted by atomic mass is 10.2. The normalized spacial score (nSPS) is 11.2. The molecule has 0 aliphatic rings. The number of rotatable bonds is 4. The number of aromatic amines is 1. The van der Waals surface area contributed by atoms with Gasteiger partial charge in [0.25, 0.3) is 10.0 Å². The van der Waals surface area contributed by atoms with E-state index in [2.05, 4.69) is 19.9 Å². The zero-order valence-electron chi connectivity index (χ0n) is 9.16. The molecule has 0 unspecified atom stereocenters. The summed E-state index contributed by atoms with van der Waals surface area (Å²) < 4.78 is 26.1. The van der Waals surface area contributed by atoms with Gasteiger partial charge in [-0.3, -0.25) is 0 Å². The molecule has 0 spiro atoms. The summed E-state index contributed by atoms with van der Waals surface area (Å²) in [6.45, 7) is 0. The number of halogens is 1. The molecule has 2 aromatic rings. The Bertz CT molecular complexity index is 714. The van der Waals surface area contributed by atoms with Gasteiger partial charge in [-0.1, -0.05) is 11.6 Å². The second-order valence-corrected chi connectivity index (χ2v) is 5.45. The van der Waals surface area contributed by atoms with Crippen LogP contribution in [0.25, 0.3) is 0 Å². The summed E-state index contributed by atoms with van der Waals surface area (Å²) in [5.41, 5.74) is -0.192. The highest BCUT2D eigenvalue weighted by atomic mass is 35.5. The largest absolute Gasteiger partial charge is 0.478 e. The van der Waals surface area contributed by atoms with Crippen molar-refractivity contribution in [3.8, 4) is 0 Å². The van der Waals surface area contributed by atoms with Crippen LogP contribution in [-0.4, -0.2) is 34.7 Å². The maximum atomic E-state index is 12.0. The van der Waals surface area contributed by atoms with Gasteiger partial charge in [-0.05, 0) is 18.2 Å². The smallest absolute Gasteiger partial charge is 0.335 e. The SMILES string of the molecule is O=C(O)c1ccc(Cl)c(S(=O)(=O)Nc2ncn[nH]2)c1. The molecule has 0 aliphatic carbocycles. The molecule has 8 nitrogen and oxygen atoms in total. The van der Waals surface area contributed by atoms with Crippen molar-refractivity contribution < 1.29 is 18.3 Å². The van der Waals surface area contributed by atoms with Crippen molar-refractivity contribution in [3.05, 3.63) is 35.1 Å². The molecular weight excluding hydrogens is 296 g/mol. The lowest BCUT2D eigenvalue weighted by Crippen LogP contribution is -2.15. The number of sulfonamides is 1. The molecule has 0 fully saturated rings. The second-order valence-electron chi connectivity index (χ2n) is 3.39. The van der Waals surface area contributed by atoms with Crippen molar-refractivity contribution in [2.45, 2.75) is 4.90 Å². The van der Waals surface area contributed by atoms with E-state index in [0.717, 1.165) is 12.4 Å². The number of aromatic nitrogens is 3. The van der Waals surface area contributed by atoms with Gasteiger partial charge in [-0.15, -0.1) is 0 Å². The number of carboxylic acid groups (broad SMARTS) is 1. The molecular formula is C9H7ClN4O4S. The molecule has 19 heavy (non-hydrogen) atoms. The van der Waals surface area contributed by atoms with E-state index in [0.29, 0.717) is 0 Å². The molecule has 0 atom stereocenters. The number of hydrogen-bond donors (Lipinski definition) is 3. The average molecular weight is 303 g/mol. The molecule has 0 saturated carbocycles. The minimum absolute atomic E-state index is 0.1000. The number of hydrogen-bond acceptors (Lipinski definition) is 5. The fourth-order valence-corrected chi connectivity index (χ4v) is 2.77. The molecule has 0 radical (unpaired) electrons. The molecule has 0 aliphatic heterocycles. The number of aromatic carboxylic acids is 1. The van der Waals surface area contributed by atoms with Gasteiger partial charge in [0.15, 0.2) is 0 Å². The highest BCUT2D eigenvalue weighted by Gasteiger charge is 2.21. The molecule has 0 saturated heterocycles. The van der Waals surface area contributed by atoms with E-state index in [4.69, 9.17) is 16.7 Å². The Morgan fingerprint density at radius 3 is 2.74 bits per heavy atom. The van der Waals surface area contributed by atoms with Crippen molar-refractivity contribution in [2.75, 3.05) is 4.72 Å². The van der Waals surface area contributed by atoms with E-state index in [1.165, 1.54) is 12.1 Å². The van der Waals surface area contributed by atoms with Gasteiger partial charge >= 0.3 is 5.97 Å². The molecule has 3 N–H and O–H groups in total. The van der Waals surface area contributed by atoms with Gasteiger partial charge in [0, 0.05) is 0 Å². The van der Waals surface area contributed by atoms with Crippen LogP contribution in [0, 0.1) is 0 Å². The van der Waals surface area contributed by atoms with Crippen LogP contribution in [0.2, 0.25) is 5.02 Å². The summed E-state index contributed by atoms with van der Waals surface area (Å²) in [7, 11) is -4.05. The Labute approximate surface area is 112 Å². The van der Waals surface area contributed by atoms with Crippen molar-refractivity contribution in [2.24, 2.45) is 0 Å². The van der Waals surface area contributed by atoms with Gasteiger partial charge in [0.2, 0.25) is 5.95 Å². The number of anilines is 1. The predicted octanol–water partition coefficient (Wildman–Crippen LogP) is 0.957. The standard InChI is InChI=1S/C9H7ClN4O4S/c10-6-2-1-5(8(15)16)3-7(6)19(17,18)14-9-11-4-12-13-9/h1-4H,(H,15,16)(H2,11,12,13,14). The van der Waals surface area contributed by atoms with E-state index >= 15 is 0 Å². The minimum atomic E-state index is -4.05. The van der Waals surface area contributed by atoms with E-state index in [1.54, 1.807) is 0 Å². The highest BCUT2D eigenvalue weighted by Crippen LogP contribution is 2.24. The first-order chi connectivity index (χ1) is 8.90. The monoisotopic (exact) mass is 302 g/mol. The maximum Gasteiger partial charge on any atom is 0.335 e. The number of benzene rings is 1. The quantitative estimate of drug-likeness (QED) is 0.772. The first-order valence-electron chi connectivity index (χ1n) is 4.81. The van der Waals surface area contributed by atoms with Crippen LogP contribution >= 0.6 is 11.6 Å². The third-order valence-corrected chi connectivity index (χ3v) is 3.93. The van der Waals surface area contributed by atoms with Crippen LogP contribution in [0.4, 0.5) is 5.95 Å². The third kappa shape index (κ3) is 2.83. The fourth-order valence-electron chi connectivity index (χ4n) is 1.28. The number of H-pyrrole nitrogens is 1. The number of carbonyl (C=O) groups is 1. The van der Waals surface area contributed by atoms with E-state index in [-0.39, 0.29) is 21.4 Å². The van der Waals surface area contributed by atoms with Crippen LogP contribution in [0.5, 0.6) is 0 Å². The summed E-state index contributed by atoms with van der Waals surface area (Å²) in [5.74, 6) is -1.36. The van der Waals surface area contributed by atoms with E-state index in [1.807, 2.05) is 0 Å². The van der Waals surface area contributed by atoms with Crippen LogP contribution in [0.15, 0.2) is 29.4 Å². The van der Waals surface area contributed by atoms with Crippen molar-refractivity contribution in [1.29, 1.82) is 0 Å². The van der Waals surface area contributed by atoms with Crippen molar-refractivity contribution >= 4 is 33.5 Å². The molecule has 0 bridgehead atoms. The summed E-state index contributed by atoms with van der Waals surface area (Å²) in [6, 6.07) is 3.36. The Balaban J connectivity index is 2.45. The first kappa shape index (κ1) is 13.3. The highest BCUT2D eigenvalue weighted by molar-refractivity contribution is 7.92. The Kier molecular flexibility index (Phi) is 3.40. The van der Waals surface area contributed by atoms with Gasteiger partial charge in [-0.25, -0.2) is 23.0 Å². The Hall–Kier alpha value is -2.13. The first-order valence-corrected chi connectivity index (χ1v) is 6.67. The number of nitrogens with one attached hydrogen (secondary N) is 2. The van der Waals surface area contributed by atoms with Crippen LogP contribution in [0.3, 0.4) is 0 Å². The summed E-state index contributed by atoms with van der Waals surface area (Å²) in [5, 5.41) is 14.5. The number of nitrogens with zero attached hydrogens (tertiary/aromatic N) is 2. The van der Waals surface area contributed by atoms with Gasteiger partial charge in [-0.2, -0.15) is 10.1 Å². The van der Waals surface area contributed by atoms with E-state index < -0.39 is 16.0 Å². The molecule has 1 aromatic carbocycles. The molecule has 0 amide bonds. The molecule has 2 rings (SSSR count). The van der Waals surface area contributed by atoms with Crippen molar-refractivity contribution in [3.63, 3.8) is 0 Å². The average Bonchev–Trinajstić information content (AvgIpc) is 2.81. The molecule has 10 heteroatoms. The summed E-state index contributed by atoms with van der Waals surface area (Å²) in [6.07, 6.45) is 1.12. The Morgan fingerprint density at radius 2 is 2.16 bits per heavy atom. The third-order valence-electron chi connectivity index (χ3n) is 2.11. The summed E-state index contributed by atoms with van der Waals surface area (Å²) in [4.78, 5) is 14.1. The zero-order chi connectivity index (χ0) is 14.0. The molecule has 1 heterocycles. The van der Waals surface area contributed by atoms with E-state index in [9.17, 15) is 13.2 Å². The summed E-state index contributed by atoms with van der Waals surface area (Å²) >= 11 is 5.77. The fraction of sp³-hybridized carbons (Fsp3) is 0. The lowest BCUT2D eigenvalue weighted by molar-refractivity contribution is 0.0696. The molecule has 1 aromatic heterocycles. The van der Waals surface area contributed by atoms with Crippen LogP contribution in [0.1, 0.15) is 10.4 Å². The maximum absolute atomic E-state index is 12.0. The molecule has 100 valence electrons. The number of carboxylic acids is 1. The minimum Gasteiger partial charge on any atom is -0.478 e. The van der Waals surface area contributed by atoms with Crippen LogP contribution in [-0.2, 0) is 10.0 Å².